The fourth-order valence-corrected chi connectivity index (χ4v) is 0.849. The Balaban J connectivity index is 3.67. The third kappa shape index (κ3) is 7.16. The van der Waals surface area contributed by atoms with Gasteiger partial charge in [0.1, 0.15) is 0 Å². The van der Waals surface area contributed by atoms with E-state index in [1.54, 1.807) is 0 Å². The summed E-state index contributed by atoms with van der Waals surface area (Å²) in [5.74, 6) is -1.39. The van der Waals surface area contributed by atoms with Gasteiger partial charge in [0, 0.05) is 6.42 Å². The SMILES string of the molecule is COC(=O)CCC(=O)CNC(=O)C(Cl)Cl. The van der Waals surface area contributed by atoms with Gasteiger partial charge in [0.05, 0.1) is 20.1 Å². The predicted octanol–water partition coefficient (Wildman–Crippen LogP) is 0.429. The van der Waals surface area contributed by atoms with E-state index in [4.69, 9.17) is 23.2 Å². The number of hydrogen-bond acceptors (Lipinski definition) is 4. The van der Waals surface area contributed by atoms with Crippen molar-refractivity contribution in [3.63, 3.8) is 0 Å². The highest BCUT2D eigenvalue weighted by atomic mass is 35.5. The van der Waals surface area contributed by atoms with E-state index in [0.29, 0.717) is 0 Å². The lowest BCUT2D eigenvalue weighted by molar-refractivity contribution is -0.141. The van der Waals surface area contributed by atoms with E-state index < -0.39 is 16.7 Å². The van der Waals surface area contributed by atoms with E-state index in [-0.39, 0.29) is 25.2 Å². The van der Waals surface area contributed by atoms with Crippen LogP contribution in [-0.4, -0.2) is 36.2 Å². The second-order valence-corrected chi connectivity index (χ2v) is 3.73. The fraction of sp³-hybridized carbons (Fsp3) is 0.625. The normalized spacial score (nSPS) is 9.87. The van der Waals surface area contributed by atoms with Crippen molar-refractivity contribution < 1.29 is 19.1 Å². The average molecular weight is 256 g/mol. The molecule has 0 aliphatic rings. The lowest BCUT2D eigenvalue weighted by atomic mass is 10.2. The molecule has 7 heteroatoms. The van der Waals surface area contributed by atoms with Crippen LogP contribution in [0.4, 0.5) is 0 Å². The van der Waals surface area contributed by atoms with E-state index in [9.17, 15) is 14.4 Å². The van der Waals surface area contributed by atoms with Crippen molar-refractivity contribution in [1.29, 1.82) is 0 Å². The van der Waals surface area contributed by atoms with Gasteiger partial charge < -0.3 is 10.1 Å². The molecule has 5 nitrogen and oxygen atoms in total. The zero-order chi connectivity index (χ0) is 11.8. The molecular formula is C8H11Cl2NO4. The molecule has 0 saturated heterocycles. The Labute approximate surface area is 97.0 Å². The maximum absolute atomic E-state index is 11.1. The first kappa shape index (κ1) is 14.2. The molecule has 0 aliphatic carbocycles. The number of hydrogen-bond donors (Lipinski definition) is 1. The number of nitrogens with one attached hydrogen (secondary N) is 1. The molecule has 0 unspecified atom stereocenters. The van der Waals surface area contributed by atoms with Crippen LogP contribution < -0.4 is 5.32 Å². The van der Waals surface area contributed by atoms with Crippen LogP contribution in [0.2, 0.25) is 0 Å². The maximum atomic E-state index is 11.1. The van der Waals surface area contributed by atoms with Gasteiger partial charge in [-0.05, 0) is 0 Å². The lowest BCUT2D eigenvalue weighted by Crippen LogP contribution is -2.33. The van der Waals surface area contributed by atoms with Gasteiger partial charge in [-0.15, -0.1) is 0 Å². The number of carbonyl (C=O) groups is 3. The Morgan fingerprint density at radius 3 is 2.33 bits per heavy atom. The summed E-state index contributed by atoms with van der Waals surface area (Å²) in [6.45, 7) is -0.189. The van der Waals surface area contributed by atoms with Crippen molar-refractivity contribution >= 4 is 40.9 Å². The molecule has 0 heterocycles. The summed E-state index contributed by atoms with van der Waals surface area (Å²) < 4.78 is 4.34. The zero-order valence-corrected chi connectivity index (χ0v) is 9.60. The number of carbonyl (C=O) groups excluding carboxylic acids is 3. The molecule has 1 N–H and O–H groups in total. The summed E-state index contributed by atoms with van der Waals surface area (Å²) in [6, 6.07) is 0. The number of halogens is 2. The van der Waals surface area contributed by atoms with Gasteiger partial charge in [-0.3, -0.25) is 14.4 Å². The summed E-state index contributed by atoms with van der Waals surface area (Å²) in [5, 5.41) is 2.22. The molecule has 0 radical (unpaired) electrons. The number of alkyl halides is 2. The summed E-state index contributed by atoms with van der Waals surface area (Å²) in [6.07, 6.45) is 0.0125. The second kappa shape index (κ2) is 7.48. The van der Waals surface area contributed by atoms with E-state index in [2.05, 4.69) is 10.1 Å². The molecule has 0 atom stereocenters. The number of Topliss-reactive ketones (excluding diaryl/α,β-unsaturated/α-hetero) is 1. The number of ether oxygens (including phenoxy) is 1. The monoisotopic (exact) mass is 255 g/mol. The second-order valence-electron chi connectivity index (χ2n) is 2.63. The molecule has 0 aromatic rings. The number of esters is 1. The van der Waals surface area contributed by atoms with Crippen LogP contribution in [0.3, 0.4) is 0 Å². The van der Waals surface area contributed by atoms with Crippen molar-refractivity contribution in [2.75, 3.05) is 13.7 Å². The molecule has 0 spiro atoms. The quantitative estimate of drug-likeness (QED) is 0.552. The molecule has 0 aliphatic heterocycles. The molecule has 0 saturated carbocycles. The summed E-state index contributed by atoms with van der Waals surface area (Å²) in [4.78, 5) is 31.4. The van der Waals surface area contributed by atoms with E-state index in [1.807, 2.05) is 0 Å². The highest BCUT2D eigenvalue weighted by Gasteiger charge is 2.13. The van der Waals surface area contributed by atoms with Crippen molar-refractivity contribution in [2.45, 2.75) is 17.7 Å². The van der Waals surface area contributed by atoms with Crippen molar-refractivity contribution in [1.82, 2.24) is 5.32 Å². The zero-order valence-electron chi connectivity index (χ0n) is 8.09. The number of amides is 1. The van der Waals surface area contributed by atoms with Gasteiger partial charge in [-0.1, -0.05) is 23.2 Å². The molecule has 0 bridgehead atoms. The predicted molar refractivity (Wildman–Crippen MR) is 54.8 cm³/mol. The van der Waals surface area contributed by atoms with Crippen LogP contribution >= 0.6 is 23.2 Å². The minimum absolute atomic E-state index is 0.00359. The van der Waals surface area contributed by atoms with Crippen LogP contribution in [0.15, 0.2) is 0 Å². The summed E-state index contributed by atoms with van der Waals surface area (Å²) in [7, 11) is 1.24. The largest absolute Gasteiger partial charge is 0.469 e. The molecule has 0 rings (SSSR count). The number of methoxy groups -OCH3 is 1. The van der Waals surface area contributed by atoms with E-state index in [0.717, 1.165) is 0 Å². The van der Waals surface area contributed by atoms with Crippen LogP contribution in [0.5, 0.6) is 0 Å². The van der Waals surface area contributed by atoms with Gasteiger partial charge in [0.25, 0.3) is 5.91 Å². The first-order valence-corrected chi connectivity index (χ1v) is 4.99. The summed E-state index contributed by atoms with van der Waals surface area (Å²) in [5.41, 5.74) is 0. The fourth-order valence-electron chi connectivity index (χ4n) is 0.695. The lowest BCUT2D eigenvalue weighted by Gasteiger charge is -2.04. The highest BCUT2D eigenvalue weighted by Crippen LogP contribution is 2.00. The van der Waals surface area contributed by atoms with Crippen molar-refractivity contribution in [3.05, 3.63) is 0 Å². The van der Waals surface area contributed by atoms with Gasteiger partial charge in [0.2, 0.25) is 0 Å². The van der Waals surface area contributed by atoms with Crippen molar-refractivity contribution in [3.8, 4) is 0 Å². The van der Waals surface area contributed by atoms with Gasteiger partial charge in [-0.25, -0.2) is 0 Å². The first-order valence-electron chi connectivity index (χ1n) is 4.11. The average Bonchev–Trinajstić information content (AvgIpc) is 2.21. The Hall–Kier alpha value is -0.810. The van der Waals surface area contributed by atoms with Crippen LogP contribution in [-0.2, 0) is 19.1 Å². The molecule has 86 valence electrons. The highest BCUT2D eigenvalue weighted by molar-refractivity contribution is 6.53. The Morgan fingerprint density at radius 2 is 1.87 bits per heavy atom. The van der Waals surface area contributed by atoms with Crippen LogP contribution in [0, 0.1) is 0 Å². The Morgan fingerprint density at radius 1 is 1.27 bits per heavy atom. The van der Waals surface area contributed by atoms with Crippen LogP contribution in [0.1, 0.15) is 12.8 Å². The minimum atomic E-state index is -1.20. The first-order chi connectivity index (χ1) is 6.97. The summed E-state index contributed by atoms with van der Waals surface area (Å²) >= 11 is 10.5. The number of rotatable bonds is 6. The topological polar surface area (TPSA) is 72.5 Å². The van der Waals surface area contributed by atoms with Crippen molar-refractivity contribution in [2.24, 2.45) is 0 Å². The molecule has 0 aromatic carbocycles. The van der Waals surface area contributed by atoms with Gasteiger partial charge >= 0.3 is 5.97 Å². The molecule has 1 amide bonds. The molecule has 15 heavy (non-hydrogen) atoms. The molecular weight excluding hydrogens is 245 g/mol. The standard InChI is InChI=1S/C8H11Cl2NO4/c1-15-6(13)3-2-5(12)4-11-8(14)7(9)10/h7H,2-4H2,1H3,(H,11,14). The van der Waals surface area contributed by atoms with E-state index in [1.165, 1.54) is 7.11 Å². The smallest absolute Gasteiger partial charge is 0.305 e. The third-order valence-corrected chi connectivity index (χ3v) is 1.89. The van der Waals surface area contributed by atoms with Gasteiger partial charge in [-0.2, -0.15) is 0 Å². The third-order valence-electron chi connectivity index (χ3n) is 1.49. The Bertz CT molecular complexity index is 255. The molecule has 0 aromatic heterocycles. The Kier molecular flexibility index (Phi) is 7.07. The minimum Gasteiger partial charge on any atom is -0.469 e. The molecule has 0 fully saturated rings. The maximum Gasteiger partial charge on any atom is 0.305 e. The number of ketones is 1. The van der Waals surface area contributed by atoms with Gasteiger partial charge in [0.15, 0.2) is 10.6 Å². The van der Waals surface area contributed by atoms with E-state index >= 15 is 0 Å². The van der Waals surface area contributed by atoms with Crippen LogP contribution in [0.25, 0.3) is 0 Å².